The second-order valence-corrected chi connectivity index (χ2v) is 3.52. The van der Waals surface area contributed by atoms with Crippen molar-refractivity contribution in [3.05, 3.63) is 29.8 Å². The van der Waals surface area contributed by atoms with Crippen LogP contribution in [0.25, 0.3) is 0 Å². The third-order valence-electron chi connectivity index (χ3n) is 2.10. The number of ether oxygens (including phenoxy) is 1. The zero-order valence-corrected chi connectivity index (χ0v) is 8.63. The molecule has 0 aliphatic rings. The summed E-state index contributed by atoms with van der Waals surface area (Å²) in [6.07, 6.45) is -7.89. The Balaban J connectivity index is 2.89. The van der Waals surface area contributed by atoms with Gasteiger partial charge >= 0.3 is 6.36 Å². The van der Waals surface area contributed by atoms with E-state index in [1.54, 1.807) is 0 Å². The van der Waals surface area contributed by atoms with Crippen LogP contribution in [0.5, 0.6) is 5.75 Å². The second-order valence-electron chi connectivity index (χ2n) is 3.52. The van der Waals surface area contributed by atoms with E-state index in [0.29, 0.717) is 0 Å². The van der Waals surface area contributed by atoms with Crippen LogP contribution in [0.15, 0.2) is 24.3 Å². The van der Waals surface area contributed by atoms with Gasteiger partial charge < -0.3 is 9.84 Å². The molecule has 1 aromatic rings. The van der Waals surface area contributed by atoms with Crippen LogP contribution >= 0.6 is 0 Å². The summed E-state index contributed by atoms with van der Waals surface area (Å²) in [5.74, 6) is -0.536. The molecule has 0 heterocycles. The highest BCUT2D eigenvalue weighted by atomic mass is 19.4. The molecule has 0 aliphatic carbocycles. The van der Waals surface area contributed by atoms with Crippen LogP contribution in [0, 0.1) is 0 Å². The Kier molecular flexibility index (Phi) is 3.61. The molecule has 1 unspecified atom stereocenters. The molecule has 0 radical (unpaired) electrons. The van der Waals surface area contributed by atoms with E-state index in [1.807, 2.05) is 0 Å². The molecule has 17 heavy (non-hydrogen) atoms. The highest BCUT2D eigenvalue weighted by molar-refractivity contribution is 5.31. The number of halogens is 5. The minimum absolute atomic E-state index is 0.193. The normalized spacial score (nSPS) is 15.8. The molecule has 96 valence electrons. The molecule has 2 nitrogen and oxygen atoms in total. The number of benzene rings is 1. The van der Waals surface area contributed by atoms with Gasteiger partial charge in [-0.25, -0.2) is 8.78 Å². The van der Waals surface area contributed by atoms with Crippen molar-refractivity contribution in [1.29, 1.82) is 0 Å². The summed E-state index contributed by atoms with van der Waals surface area (Å²) in [6.45, 7) is 0.872. The fourth-order valence-electron chi connectivity index (χ4n) is 1.12. The maximum Gasteiger partial charge on any atom is 0.573 e. The summed E-state index contributed by atoms with van der Waals surface area (Å²) in [5.41, 5.74) is -2.60. The van der Waals surface area contributed by atoms with Gasteiger partial charge in [-0.05, 0) is 24.6 Å². The van der Waals surface area contributed by atoms with Crippen molar-refractivity contribution >= 4 is 0 Å². The summed E-state index contributed by atoms with van der Waals surface area (Å²) >= 11 is 0. The van der Waals surface area contributed by atoms with Gasteiger partial charge in [0.1, 0.15) is 11.4 Å². The van der Waals surface area contributed by atoms with E-state index in [2.05, 4.69) is 4.74 Å². The van der Waals surface area contributed by atoms with Gasteiger partial charge in [-0.3, -0.25) is 0 Å². The van der Waals surface area contributed by atoms with E-state index in [4.69, 9.17) is 0 Å². The van der Waals surface area contributed by atoms with Crippen LogP contribution in [0.2, 0.25) is 0 Å². The predicted octanol–water partition coefficient (Wildman–Crippen LogP) is 3.06. The van der Waals surface area contributed by atoms with E-state index in [9.17, 15) is 27.1 Å². The molecule has 0 saturated heterocycles. The molecular weight excluding hydrogens is 247 g/mol. The zero-order valence-electron chi connectivity index (χ0n) is 8.63. The van der Waals surface area contributed by atoms with Crippen LogP contribution in [-0.2, 0) is 5.60 Å². The Morgan fingerprint density at radius 3 is 1.94 bits per heavy atom. The standard InChI is InChI=1S/C10H9F5O2/c1-9(16,8(11)12)6-2-4-7(5-3-6)17-10(13,14)15/h2-5,8,16H,1H3. The minimum Gasteiger partial charge on any atom is -0.406 e. The molecule has 1 N–H and O–H groups in total. The smallest absolute Gasteiger partial charge is 0.406 e. The largest absolute Gasteiger partial charge is 0.573 e. The number of hydrogen-bond donors (Lipinski definition) is 1. The lowest BCUT2D eigenvalue weighted by Crippen LogP contribution is -2.30. The monoisotopic (exact) mass is 256 g/mol. The van der Waals surface area contributed by atoms with Gasteiger partial charge in [0.2, 0.25) is 0 Å². The van der Waals surface area contributed by atoms with Crippen LogP contribution in [0.4, 0.5) is 22.0 Å². The van der Waals surface area contributed by atoms with Crippen molar-refractivity contribution in [2.45, 2.75) is 25.3 Å². The van der Waals surface area contributed by atoms with Crippen molar-refractivity contribution in [1.82, 2.24) is 0 Å². The first-order chi connectivity index (χ1) is 7.63. The number of hydrogen-bond acceptors (Lipinski definition) is 2. The van der Waals surface area contributed by atoms with Gasteiger partial charge in [0, 0.05) is 0 Å². The molecule has 0 amide bonds. The molecule has 1 rings (SSSR count). The van der Waals surface area contributed by atoms with E-state index in [1.165, 1.54) is 0 Å². The fourth-order valence-corrected chi connectivity index (χ4v) is 1.12. The summed E-state index contributed by atoms with van der Waals surface area (Å²) in [6, 6.07) is 3.62. The van der Waals surface area contributed by atoms with Crippen molar-refractivity contribution in [3.8, 4) is 5.75 Å². The Morgan fingerprint density at radius 2 is 1.59 bits per heavy atom. The molecule has 0 aromatic heterocycles. The summed E-state index contributed by atoms with van der Waals surface area (Å²) in [4.78, 5) is 0. The van der Waals surface area contributed by atoms with Gasteiger partial charge in [0.15, 0.2) is 0 Å². The first-order valence-corrected chi connectivity index (χ1v) is 4.50. The quantitative estimate of drug-likeness (QED) is 0.842. The molecule has 0 saturated carbocycles. The van der Waals surface area contributed by atoms with Crippen LogP contribution in [0.1, 0.15) is 12.5 Å². The number of rotatable bonds is 3. The number of aliphatic hydroxyl groups is 1. The summed E-state index contributed by atoms with van der Waals surface area (Å²) in [5, 5.41) is 9.37. The van der Waals surface area contributed by atoms with E-state index in [0.717, 1.165) is 31.2 Å². The van der Waals surface area contributed by atoms with Gasteiger partial charge in [0.25, 0.3) is 6.43 Å². The average Bonchev–Trinajstić information content (AvgIpc) is 2.15. The van der Waals surface area contributed by atoms with Crippen molar-refractivity contribution in [3.63, 3.8) is 0 Å². The van der Waals surface area contributed by atoms with Gasteiger partial charge in [-0.1, -0.05) is 12.1 Å². The topological polar surface area (TPSA) is 29.5 Å². The minimum atomic E-state index is -4.84. The molecule has 1 atom stereocenters. The molecule has 7 heteroatoms. The first kappa shape index (κ1) is 13.7. The van der Waals surface area contributed by atoms with Gasteiger partial charge in [-0.15, -0.1) is 13.2 Å². The Hall–Kier alpha value is -1.37. The number of alkyl halides is 5. The average molecular weight is 256 g/mol. The fraction of sp³-hybridized carbons (Fsp3) is 0.400. The Morgan fingerprint density at radius 1 is 1.12 bits per heavy atom. The van der Waals surface area contributed by atoms with Crippen LogP contribution in [-0.4, -0.2) is 17.9 Å². The third kappa shape index (κ3) is 3.55. The van der Waals surface area contributed by atoms with Crippen molar-refractivity contribution < 1.29 is 31.8 Å². The summed E-state index contributed by atoms with van der Waals surface area (Å²) in [7, 11) is 0. The van der Waals surface area contributed by atoms with E-state index < -0.39 is 24.1 Å². The maximum atomic E-state index is 12.4. The van der Waals surface area contributed by atoms with Crippen molar-refractivity contribution in [2.75, 3.05) is 0 Å². The lowest BCUT2D eigenvalue weighted by Gasteiger charge is -2.22. The van der Waals surface area contributed by atoms with Crippen molar-refractivity contribution in [2.24, 2.45) is 0 Å². The lowest BCUT2D eigenvalue weighted by molar-refractivity contribution is -0.274. The lowest BCUT2D eigenvalue weighted by atomic mass is 9.97. The van der Waals surface area contributed by atoms with Crippen LogP contribution in [0.3, 0.4) is 0 Å². The Labute approximate surface area is 93.6 Å². The Bertz CT molecular complexity index is 369. The molecule has 0 aliphatic heterocycles. The molecule has 0 fully saturated rings. The molecular formula is C10H9F5O2. The predicted molar refractivity (Wildman–Crippen MR) is 48.7 cm³/mol. The summed E-state index contributed by atoms with van der Waals surface area (Å²) < 4.78 is 63.8. The molecule has 0 bridgehead atoms. The molecule has 0 spiro atoms. The van der Waals surface area contributed by atoms with Gasteiger partial charge in [0.05, 0.1) is 0 Å². The first-order valence-electron chi connectivity index (χ1n) is 4.50. The third-order valence-corrected chi connectivity index (χ3v) is 2.10. The maximum absolute atomic E-state index is 12.4. The van der Waals surface area contributed by atoms with E-state index in [-0.39, 0.29) is 5.56 Å². The second kappa shape index (κ2) is 4.48. The molecule has 1 aromatic carbocycles. The van der Waals surface area contributed by atoms with Gasteiger partial charge in [-0.2, -0.15) is 0 Å². The van der Waals surface area contributed by atoms with E-state index >= 15 is 0 Å². The van der Waals surface area contributed by atoms with Crippen LogP contribution < -0.4 is 4.74 Å². The SMILES string of the molecule is CC(O)(c1ccc(OC(F)(F)F)cc1)C(F)F. The highest BCUT2D eigenvalue weighted by Crippen LogP contribution is 2.30. The highest BCUT2D eigenvalue weighted by Gasteiger charge is 2.35. The zero-order chi connectivity index (χ0) is 13.3.